The number of ether oxygens (including phenoxy) is 1. The largest absolute Gasteiger partial charge is 0.508 e. The second kappa shape index (κ2) is 5.84. The lowest BCUT2D eigenvalue weighted by Gasteiger charge is -2.12. The van der Waals surface area contributed by atoms with E-state index in [4.69, 9.17) is 21.4 Å². The maximum Gasteiger partial charge on any atom is 0.308 e. The highest BCUT2D eigenvalue weighted by Crippen LogP contribution is 2.35. The van der Waals surface area contributed by atoms with Gasteiger partial charge in [-0.25, -0.2) is 0 Å². The van der Waals surface area contributed by atoms with Crippen LogP contribution in [0.4, 0.5) is 0 Å². The highest BCUT2D eigenvalue weighted by molar-refractivity contribution is 6.32. The van der Waals surface area contributed by atoms with E-state index in [2.05, 4.69) is 0 Å². The van der Waals surface area contributed by atoms with E-state index in [9.17, 15) is 9.90 Å². The van der Waals surface area contributed by atoms with Crippen molar-refractivity contribution in [1.82, 2.24) is 0 Å². The van der Waals surface area contributed by atoms with Gasteiger partial charge >= 0.3 is 5.97 Å². The number of rotatable bonds is 4. The first-order valence-corrected chi connectivity index (χ1v) is 6.32. The van der Waals surface area contributed by atoms with Crippen LogP contribution in [0.5, 0.6) is 17.2 Å². The first-order chi connectivity index (χ1) is 9.47. The molecule has 20 heavy (non-hydrogen) atoms. The summed E-state index contributed by atoms with van der Waals surface area (Å²) in [7, 11) is 0. The van der Waals surface area contributed by atoms with Crippen LogP contribution in [0.3, 0.4) is 0 Å². The van der Waals surface area contributed by atoms with Gasteiger partial charge in [-0.3, -0.25) is 4.79 Å². The summed E-state index contributed by atoms with van der Waals surface area (Å²) in [5.41, 5.74) is 1.21. The summed E-state index contributed by atoms with van der Waals surface area (Å²) in [5.74, 6) is -0.479. The molecule has 0 aromatic heterocycles. The van der Waals surface area contributed by atoms with E-state index in [0.717, 1.165) is 5.56 Å². The molecule has 0 radical (unpaired) electrons. The minimum atomic E-state index is -1.05. The normalized spacial score (nSPS) is 10.3. The van der Waals surface area contributed by atoms with Gasteiger partial charge in [0.1, 0.15) is 17.2 Å². The molecule has 0 aliphatic rings. The number of phenolic OH excluding ortho intramolecular Hbond substituents is 1. The summed E-state index contributed by atoms with van der Waals surface area (Å²) in [6.45, 7) is 1.90. The average Bonchev–Trinajstić information content (AvgIpc) is 2.36. The van der Waals surface area contributed by atoms with Crippen LogP contribution in [0.1, 0.15) is 11.1 Å². The lowest BCUT2D eigenvalue weighted by Crippen LogP contribution is -2.02. The number of carbonyl (C=O) groups is 1. The second-order valence-electron chi connectivity index (χ2n) is 4.36. The molecular formula is C15H13ClO4. The predicted octanol–water partition coefficient (Wildman–Crippen LogP) is 3.77. The number of hydrogen-bond donors (Lipinski definition) is 2. The topological polar surface area (TPSA) is 66.8 Å². The van der Waals surface area contributed by atoms with Crippen molar-refractivity contribution in [2.75, 3.05) is 0 Å². The molecule has 0 aliphatic heterocycles. The summed E-state index contributed by atoms with van der Waals surface area (Å²) in [6.07, 6.45) is -0.328. The number of carboxylic acid groups (broad SMARTS) is 1. The smallest absolute Gasteiger partial charge is 0.308 e. The molecular weight excluding hydrogens is 280 g/mol. The van der Waals surface area contributed by atoms with Crippen LogP contribution in [-0.2, 0) is 11.2 Å². The molecule has 0 fully saturated rings. The molecule has 4 nitrogen and oxygen atoms in total. The molecule has 0 atom stereocenters. The van der Waals surface area contributed by atoms with Crippen molar-refractivity contribution >= 4 is 17.6 Å². The molecule has 0 bridgehead atoms. The van der Waals surface area contributed by atoms with Gasteiger partial charge in [0.15, 0.2) is 0 Å². The zero-order chi connectivity index (χ0) is 14.7. The van der Waals surface area contributed by atoms with E-state index in [0.29, 0.717) is 10.8 Å². The Balaban J connectivity index is 2.38. The average molecular weight is 293 g/mol. The Labute approximate surface area is 121 Å². The Bertz CT molecular complexity index is 652. The molecule has 2 aromatic rings. The van der Waals surface area contributed by atoms with Crippen LogP contribution in [0, 0.1) is 6.92 Å². The Morgan fingerprint density at radius 3 is 2.65 bits per heavy atom. The fourth-order valence-electron chi connectivity index (χ4n) is 1.79. The SMILES string of the molecule is Cc1ccc(Oc2cccc(O)c2CC(=O)O)c(Cl)c1. The molecule has 2 N–H and O–H groups in total. The molecule has 2 rings (SSSR count). The van der Waals surface area contributed by atoms with Crippen LogP contribution < -0.4 is 4.74 Å². The lowest BCUT2D eigenvalue weighted by atomic mass is 10.1. The van der Waals surface area contributed by atoms with Gasteiger partial charge in [-0.1, -0.05) is 23.7 Å². The number of phenols is 1. The third kappa shape index (κ3) is 3.22. The van der Waals surface area contributed by atoms with Gasteiger partial charge in [-0.2, -0.15) is 0 Å². The number of aryl methyl sites for hydroxylation is 1. The molecule has 0 amide bonds. The Kier molecular flexibility index (Phi) is 4.15. The number of halogens is 1. The molecule has 5 heteroatoms. The van der Waals surface area contributed by atoms with Gasteiger partial charge in [-0.05, 0) is 36.8 Å². The zero-order valence-corrected chi connectivity index (χ0v) is 11.5. The van der Waals surface area contributed by atoms with Crippen LogP contribution in [0.15, 0.2) is 36.4 Å². The number of benzene rings is 2. The first kappa shape index (κ1) is 14.2. The molecule has 0 saturated heterocycles. The van der Waals surface area contributed by atoms with Crippen molar-refractivity contribution in [3.63, 3.8) is 0 Å². The van der Waals surface area contributed by atoms with Crippen molar-refractivity contribution < 1.29 is 19.7 Å². The third-order valence-electron chi connectivity index (χ3n) is 2.74. The summed E-state index contributed by atoms with van der Waals surface area (Å²) in [5, 5.41) is 19.1. The van der Waals surface area contributed by atoms with Crippen LogP contribution in [-0.4, -0.2) is 16.2 Å². The molecule has 0 heterocycles. The molecule has 104 valence electrons. The second-order valence-corrected chi connectivity index (χ2v) is 4.77. The van der Waals surface area contributed by atoms with Crippen molar-refractivity contribution in [2.24, 2.45) is 0 Å². The zero-order valence-electron chi connectivity index (χ0n) is 10.8. The minimum absolute atomic E-state index is 0.117. The fraction of sp³-hybridized carbons (Fsp3) is 0.133. The Hall–Kier alpha value is -2.20. The quantitative estimate of drug-likeness (QED) is 0.900. The van der Waals surface area contributed by atoms with Crippen molar-refractivity contribution in [2.45, 2.75) is 13.3 Å². The van der Waals surface area contributed by atoms with E-state index in [1.54, 1.807) is 24.3 Å². The highest BCUT2D eigenvalue weighted by atomic mass is 35.5. The number of aliphatic carboxylic acids is 1. The van der Waals surface area contributed by atoms with Gasteiger partial charge in [0, 0.05) is 5.56 Å². The van der Waals surface area contributed by atoms with Gasteiger partial charge in [-0.15, -0.1) is 0 Å². The third-order valence-corrected chi connectivity index (χ3v) is 3.04. The van der Waals surface area contributed by atoms with Gasteiger partial charge < -0.3 is 14.9 Å². The van der Waals surface area contributed by atoms with Crippen LogP contribution in [0.2, 0.25) is 5.02 Å². The molecule has 0 saturated carbocycles. The van der Waals surface area contributed by atoms with Gasteiger partial charge in [0.2, 0.25) is 0 Å². The number of carboxylic acids is 1. The predicted molar refractivity (Wildman–Crippen MR) is 75.7 cm³/mol. The van der Waals surface area contributed by atoms with Crippen molar-refractivity contribution in [1.29, 1.82) is 0 Å². The standard InChI is InChI=1S/C15H13ClO4/c1-9-5-6-14(11(16)7-9)20-13-4-2-3-12(17)10(13)8-15(18)19/h2-7,17H,8H2,1H3,(H,18,19). The number of hydrogen-bond acceptors (Lipinski definition) is 3. The summed E-state index contributed by atoms with van der Waals surface area (Å²) in [6, 6.07) is 9.87. The summed E-state index contributed by atoms with van der Waals surface area (Å²) in [4.78, 5) is 10.8. The fourth-order valence-corrected chi connectivity index (χ4v) is 2.06. The van der Waals surface area contributed by atoms with Crippen molar-refractivity contribution in [3.05, 3.63) is 52.5 Å². The van der Waals surface area contributed by atoms with Crippen molar-refractivity contribution in [3.8, 4) is 17.2 Å². The Morgan fingerprint density at radius 1 is 1.25 bits per heavy atom. The molecule has 0 aliphatic carbocycles. The lowest BCUT2D eigenvalue weighted by molar-refractivity contribution is -0.136. The Morgan fingerprint density at radius 2 is 2.00 bits per heavy atom. The van der Waals surface area contributed by atoms with E-state index in [1.807, 2.05) is 13.0 Å². The van der Waals surface area contributed by atoms with Gasteiger partial charge in [0.05, 0.1) is 11.4 Å². The molecule has 0 spiro atoms. The van der Waals surface area contributed by atoms with E-state index in [-0.39, 0.29) is 23.5 Å². The maximum atomic E-state index is 10.8. The minimum Gasteiger partial charge on any atom is -0.508 e. The van der Waals surface area contributed by atoms with Crippen LogP contribution in [0.25, 0.3) is 0 Å². The number of aromatic hydroxyl groups is 1. The van der Waals surface area contributed by atoms with E-state index in [1.165, 1.54) is 6.07 Å². The van der Waals surface area contributed by atoms with E-state index >= 15 is 0 Å². The highest BCUT2D eigenvalue weighted by Gasteiger charge is 2.14. The molecule has 0 unspecified atom stereocenters. The molecule has 2 aromatic carbocycles. The monoisotopic (exact) mass is 292 g/mol. The summed E-state index contributed by atoms with van der Waals surface area (Å²) < 4.78 is 5.62. The van der Waals surface area contributed by atoms with Crippen LogP contribution >= 0.6 is 11.6 Å². The first-order valence-electron chi connectivity index (χ1n) is 5.94. The van der Waals surface area contributed by atoms with E-state index < -0.39 is 5.97 Å². The summed E-state index contributed by atoms with van der Waals surface area (Å²) >= 11 is 6.07. The maximum absolute atomic E-state index is 10.8. The van der Waals surface area contributed by atoms with Gasteiger partial charge in [0.25, 0.3) is 0 Å².